The van der Waals surface area contributed by atoms with Crippen molar-refractivity contribution in [2.75, 3.05) is 13.1 Å². The van der Waals surface area contributed by atoms with Crippen LogP contribution in [0.3, 0.4) is 0 Å². The van der Waals surface area contributed by atoms with Gasteiger partial charge in [0.15, 0.2) is 0 Å². The molecule has 3 heterocycles. The second kappa shape index (κ2) is 9.52. The zero-order valence-electron chi connectivity index (χ0n) is 14.6. The Morgan fingerprint density at radius 1 is 1.48 bits per heavy atom. The third kappa shape index (κ3) is 4.94. The number of amides is 1. The first kappa shape index (κ1) is 21.9. The number of nitrogens with zero attached hydrogens (tertiary/aromatic N) is 3. The van der Waals surface area contributed by atoms with E-state index >= 15 is 0 Å². The van der Waals surface area contributed by atoms with Crippen molar-refractivity contribution in [1.29, 1.82) is 0 Å². The molecule has 0 aromatic carbocycles. The maximum Gasteiger partial charge on any atom is 0.225 e. The van der Waals surface area contributed by atoms with Crippen molar-refractivity contribution in [1.82, 2.24) is 25.4 Å². The summed E-state index contributed by atoms with van der Waals surface area (Å²) in [4.78, 5) is 17.3. The zero-order valence-corrected chi connectivity index (χ0v) is 17.0. The lowest BCUT2D eigenvalue weighted by atomic mass is 9.90. The minimum atomic E-state index is -0.0608. The van der Waals surface area contributed by atoms with E-state index in [0.717, 1.165) is 29.2 Å². The molecule has 140 valence electrons. The lowest BCUT2D eigenvalue weighted by Crippen LogP contribution is -2.36. The fourth-order valence-electron chi connectivity index (χ4n) is 3.09. The van der Waals surface area contributed by atoms with E-state index in [-0.39, 0.29) is 48.6 Å². The van der Waals surface area contributed by atoms with Crippen molar-refractivity contribution < 1.29 is 4.79 Å². The van der Waals surface area contributed by atoms with Crippen molar-refractivity contribution in [3.63, 3.8) is 0 Å². The summed E-state index contributed by atoms with van der Waals surface area (Å²) in [5.74, 6) is 0.220. The van der Waals surface area contributed by atoms with Crippen LogP contribution in [0.25, 0.3) is 0 Å². The standard InChI is InChI=1S/C16H23N5OS.2ClH/c1-4-14(16-19-10(2)9-23-16)20-15(22)13-7-17-6-12(13)11-5-18-21(3)8-11;;/h5,8-9,12-14,17H,4,6-7H2,1-3H3,(H,20,22);2*1H/t12-,13+,14?;;/m1../s1. The van der Waals surface area contributed by atoms with Crippen LogP contribution in [0.1, 0.15) is 41.6 Å². The topological polar surface area (TPSA) is 71.8 Å². The molecular weight excluding hydrogens is 381 g/mol. The number of carbonyl (C=O) groups excluding carboxylic acids is 1. The molecule has 1 aliphatic heterocycles. The maximum absolute atomic E-state index is 12.8. The quantitative estimate of drug-likeness (QED) is 0.801. The fourth-order valence-corrected chi connectivity index (χ4v) is 4.02. The summed E-state index contributed by atoms with van der Waals surface area (Å²) < 4.78 is 1.79. The van der Waals surface area contributed by atoms with Gasteiger partial charge in [-0.3, -0.25) is 9.48 Å². The van der Waals surface area contributed by atoms with Crippen LogP contribution in [0.15, 0.2) is 17.8 Å². The highest BCUT2D eigenvalue weighted by Gasteiger charge is 2.35. The molecule has 1 fully saturated rings. The average Bonchev–Trinajstić information content (AvgIpc) is 3.24. The van der Waals surface area contributed by atoms with E-state index in [2.05, 4.69) is 27.6 Å². The molecule has 6 nitrogen and oxygen atoms in total. The summed E-state index contributed by atoms with van der Waals surface area (Å²) in [5, 5.41) is 13.8. The summed E-state index contributed by atoms with van der Waals surface area (Å²) in [6, 6.07) is -0.00338. The van der Waals surface area contributed by atoms with Crippen LogP contribution in [-0.4, -0.2) is 33.8 Å². The second-order valence-electron chi connectivity index (χ2n) is 6.12. The van der Waals surface area contributed by atoms with Gasteiger partial charge in [0.05, 0.1) is 18.2 Å². The number of aryl methyl sites for hydroxylation is 2. The zero-order chi connectivity index (χ0) is 16.4. The molecule has 3 rings (SSSR count). The Kier molecular flexibility index (Phi) is 8.34. The molecule has 0 bridgehead atoms. The van der Waals surface area contributed by atoms with Gasteiger partial charge in [0.1, 0.15) is 5.01 Å². The molecule has 9 heteroatoms. The number of thiazole rings is 1. The Morgan fingerprint density at radius 2 is 2.24 bits per heavy atom. The Hall–Kier alpha value is -1.15. The van der Waals surface area contributed by atoms with E-state index in [1.54, 1.807) is 16.0 Å². The molecule has 0 spiro atoms. The number of carbonyl (C=O) groups is 1. The van der Waals surface area contributed by atoms with E-state index in [0.29, 0.717) is 6.54 Å². The van der Waals surface area contributed by atoms with Crippen LogP contribution >= 0.6 is 36.2 Å². The van der Waals surface area contributed by atoms with Gasteiger partial charge in [-0.25, -0.2) is 4.98 Å². The molecule has 1 saturated heterocycles. The van der Waals surface area contributed by atoms with Crippen LogP contribution in [0.4, 0.5) is 0 Å². The highest BCUT2D eigenvalue weighted by molar-refractivity contribution is 7.09. The number of aromatic nitrogens is 3. The summed E-state index contributed by atoms with van der Waals surface area (Å²) in [5.41, 5.74) is 2.13. The van der Waals surface area contributed by atoms with Crippen LogP contribution < -0.4 is 10.6 Å². The lowest BCUT2D eigenvalue weighted by molar-refractivity contribution is -0.125. The molecule has 0 aliphatic carbocycles. The number of hydrogen-bond acceptors (Lipinski definition) is 5. The largest absolute Gasteiger partial charge is 0.347 e. The lowest BCUT2D eigenvalue weighted by Gasteiger charge is -2.21. The third-order valence-electron chi connectivity index (χ3n) is 4.36. The van der Waals surface area contributed by atoms with Crippen molar-refractivity contribution in [2.24, 2.45) is 13.0 Å². The fraction of sp³-hybridized carbons (Fsp3) is 0.562. The van der Waals surface area contributed by atoms with Gasteiger partial charge in [-0.15, -0.1) is 36.2 Å². The average molecular weight is 406 g/mol. The molecule has 0 saturated carbocycles. The third-order valence-corrected chi connectivity index (χ3v) is 5.44. The Morgan fingerprint density at radius 3 is 2.80 bits per heavy atom. The van der Waals surface area contributed by atoms with Gasteiger partial charge in [-0.05, 0) is 18.9 Å². The summed E-state index contributed by atoms with van der Waals surface area (Å²) in [7, 11) is 1.90. The summed E-state index contributed by atoms with van der Waals surface area (Å²) >= 11 is 1.61. The van der Waals surface area contributed by atoms with E-state index in [1.807, 2.05) is 31.7 Å². The molecule has 3 atom stereocenters. The maximum atomic E-state index is 12.8. The Balaban J connectivity index is 0.00000156. The second-order valence-corrected chi connectivity index (χ2v) is 7.00. The number of halogens is 2. The number of hydrogen-bond donors (Lipinski definition) is 2. The molecule has 1 amide bonds. The number of rotatable bonds is 5. The SMILES string of the molecule is CCC(NC(=O)[C@H]1CNC[C@@H]1c1cnn(C)c1)c1nc(C)cs1.Cl.Cl. The van der Waals surface area contributed by atoms with E-state index in [4.69, 9.17) is 0 Å². The van der Waals surface area contributed by atoms with Crippen LogP contribution in [0, 0.1) is 12.8 Å². The van der Waals surface area contributed by atoms with Crippen LogP contribution in [0.2, 0.25) is 0 Å². The minimum Gasteiger partial charge on any atom is -0.347 e. The van der Waals surface area contributed by atoms with Gasteiger partial charge < -0.3 is 10.6 Å². The van der Waals surface area contributed by atoms with Crippen molar-refractivity contribution >= 4 is 42.1 Å². The molecular formula is C16H25Cl2N5OS. The van der Waals surface area contributed by atoms with Gasteiger partial charge in [0.2, 0.25) is 5.91 Å². The molecule has 2 N–H and O–H groups in total. The first-order valence-corrected chi connectivity index (χ1v) is 8.88. The van der Waals surface area contributed by atoms with Crippen LogP contribution in [0.5, 0.6) is 0 Å². The minimum absolute atomic E-state index is 0. The van der Waals surface area contributed by atoms with Gasteiger partial charge in [-0.1, -0.05) is 6.92 Å². The van der Waals surface area contributed by atoms with E-state index in [9.17, 15) is 4.79 Å². The molecule has 1 unspecified atom stereocenters. The van der Waals surface area contributed by atoms with Gasteiger partial charge in [0.25, 0.3) is 0 Å². The summed E-state index contributed by atoms with van der Waals surface area (Å²) in [6.45, 7) is 5.58. The van der Waals surface area contributed by atoms with E-state index < -0.39 is 0 Å². The monoisotopic (exact) mass is 405 g/mol. The van der Waals surface area contributed by atoms with Gasteiger partial charge >= 0.3 is 0 Å². The molecule has 2 aromatic rings. The van der Waals surface area contributed by atoms with E-state index in [1.165, 1.54) is 0 Å². The highest BCUT2D eigenvalue weighted by Crippen LogP contribution is 2.29. The van der Waals surface area contributed by atoms with Crippen molar-refractivity contribution in [3.8, 4) is 0 Å². The number of nitrogens with one attached hydrogen (secondary N) is 2. The van der Waals surface area contributed by atoms with Crippen molar-refractivity contribution in [2.45, 2.75) is 32.2 Å². The van der Waals surface area contributed by atoms with Crippen LogP contribution in [-0.2, 0) is 11.8 Å². The Bertz CT molecular complexity index is 690. The predicted molar refractivity (Wildman–Crippen MR) is 105 cm³/mol. The predicted octanol–water partition coefficient (Wildman–Crippen LogP) is 2.60. The van der Waals surface area contributed by atoms with Crippen molar-refractivity contribution in [3.05, 3.63) is 34.0 Å². The molecule has 25 heavy (non-hydrogen) atoms. The molecule has 1 aliphatic rings. The summed E-state index contributed by atoms with van der Waals surface area (Å²) in [6.07, 6.45) is 4.70. The molecule has 0 radical (unpaired) electrons. The van der Waals surface area contributed by atoms with Gasteiger partial charge in [-0.2, -0.15) is 5.10 Å². The highest BCUT2D eigenvalue weighted by atomic mass is 35.5. The van der Waals surface area contributed by atoms with Gasteiger partial charge in [0, 0.05) is 43.3 Å². The normalized spacial score (nSPS) is 20.4. The molecule has 2 aromatic heterocycles. The first-order valence-electron chi connectivity index (χ1n) is 8.00. The first-order chi connectivity index (χ1) is 11.1. The smallest absolute Gasteiger partial charge is 0.225 e. The Labute approximate surface area is 164 Å².